The maximum absolute atomic E-state index is 11.7. The van der Waals surface area contributed by atoms with E-state index in [0.29, 0.717) is 0 Å². The highest BCUT2D eigenvalue weighted by atomic mass is 16.5. The van der Waals surface area contributed by atoms with Gasteiger partial charge in [-0.05, 0) is 33.1 Å². The molecule has 6 nitrogen and oxygen atoms in total. The normalized spacial score (nSPS) is 32.9. The molecule has 5 atom stereocenters. The van der Waals surface area contributed by atoms with Gasteiger partial charge in [0.2, 0.25) is 0 Å². The van der Waals surface area contributed by atoms with Gasteiger partial charge in [-0.1, -0.05) is 0 Å². The molecule has 0 radical (unpaired) electrons. The zero-order chi connectivity index (χ0) is 13.3. The first-order chi connectivity index (χ1) is 8.47. The van der Waals surface area contributed by atoms with E-state index in [-0.39, 0.29) is 24.3 Å². The van der Waals surface area contributed by atoms with Gasteiger partial charge in [-0.25, -0.2) is 4.79 Å². The molecule has 0 spiro atoms. The lowest BCUT2D eigenvalue weighted by atomic mass is 9.96. The smallest absolute Gasteiger partial charge is 0.315 e. The zero-order valence-corrected chi connectivity index (χ0v) is 10.7. The predicted octanol–water partition coefficient (Wildman–Crippen LogP) is 0.715. The van der Waals surface area contributed by atoms with Crippen molar-refractivity contribution in [2.24, 2.45) is 5.92 Å². The largest absolute Gasteiger partial charge is 0.481 e. The second-order valence-electron chi connectivity index (χ2n) is 5.25. The number of amides is 2. The molecule has 0 aromatic carbocycles. The van der Waals surface area contributed by atoms with E-state index < -0.39 is 17.9 Å². The van der Waals surface area contributed by atoms with Gasteiger partial charge in [0.25, 0.3) is 0 Å². The van der Waals surface area contributed by atoms with E-state index in [9.17, 15) is 9.59 Å². The standard InChI is InChI=1S/C12H20N2O4/c1-6(11(15)16)7(2)13-12(17)14-9-5-8-3-4-10(9)18-8/h6-10H,3-5H2,1-2H3,(H,15,16)(H2,13,14,17). The molecular formula is C12H20N2O4. The summed E-state index contributed by atoms with van der Waals surface area (Å²) in [6.07, 6.45) is 3.36. The van der Waals surface area contributed by atoms with E-state index in [2.05, 4.69) is 10.6 Å². The Kier molecular flexibility index (Phi) is 3.75. The molecule has 18 heavy (non-hydrogen) atoms. The lowest BCUT2D eigenvalue weighted by Gasteiger charge is -2.23. The van der Waals surface area contributed by atoms with Crippen molar-refractivity contribution >= 4 is 12.0 Å². The molecule has 3 N–H and O–H groups in total. The van der Waals surface area contributed by atoms with Crippen LogP contribution in [0, 0.1) is 5.92 Å². The van der Waals surface area contributed by atoms with Crippen molar-refractivity contribution in [2.75, 3.05) is 0 Å². The molecule has 2 heterocycles. The maximum Gasteiger partial charge on any atom is 0.315 e. The molecule has 2 aliphatic heterocycles. The van der Waals surface area contributed by atoms with Gasteiger partial charge < -0.3 is 20.5 Å². The van der Waals surface area contributed by atoms with Gasteiger partial charge in [0.15, 0.2) is 0 Å². The molecule has 102 valence electrons. The number of hydrogen-bond donors (Lipinski definition) is 3. The molecule has 0 saturated carbocycles. The highest BCUT2D eigenvalue weighted by Crippen LogP contribution is 2.34. The highest BCUT2D eigenvalue weighted by Gasteiger charge is 2.41. The molecule has 2 saturated heterocycles. The van der Waals surface area contributed by atoms with Gasteiger partial charge in [0.1, 0.15) is 0 Å². The molecule has 2 amide bonds. The number of hydrogen-bond acceptors (Lipinski definition) is 3. The van der Waals surface area contributed by atoms with Crippen LogP contribution in [-0.2, 0) is 9.53 Å². The third-order valence-corrected chi connectivity index (χ3v) is 3.92. The molecule has 0 aliphatic carbocycles. The molecule has 5 unspecified atom stereocenters. The number of carboxylic acid groups (broad SMARTS) is 1. The molecule has 2 aliphatic rings. The number of carboxylic acids is 1. The molecule has 6 heteroatoms. The van der Waals surface area contributed by atoms with E-state index in [1.165, 1.54) is 0 Å². The fraction of sp³-hybridized carbons (Fsp3) is 0.833. The fourth-order valence-electron chi connectivity index (χ4n) is 2.55. The van der Waals surface area contributed by atoms with Crippen molar-refractivity contribution in [2.45, 2.75) is 57.4 Å². The van der Waals surface area contributed by atoms with Crippen molar-refractivity contribution in [3.8, 4) is 0 Å². The number of aliphatic carboxylic acids is 1. The topological polar surface area (TPSA) is 87.7 Å². The first-order valence-electron chi connectivity index (χ1n) is 6.42. The average Bonchev–Trinajstić information content (AvgIpc) is 2.89. The third kappa shape index (κ3) is 2.75. The third-order valence-electron chi connectivity index (χ3n) is 3.92. The monoisotopic (exact) mass is 256 g/mol. The summed E-state index contributed by atoms with van der Waals surface area (Å²) in [5.74, 6) is -1.52. The van der Waals surface area contributed by atoms with E-state index >= 15 is 0 Å². The second-order valence-corrected chi connectivity index (χ2v) is 5.25. The van der Waals surface area contributed by atoms with Gasteiger partial charge in [0, 0.05) is 6.04 Å². The minimum absolute atomic E-state index is 0.0658. The lowest BCUT2D eigenvalue weighted by molar-refractivity contribution is -0.141. The number of carbonyl (C=O) groups excluding carboxylic acids is 1. The quantitative estimate of drug-likeness (QED) is 0.691. The van der Waals surface area contributed by atoms with Crippen LogP contribution >= 0.6 is 0 Å². The molecular weight excluding hydrogens is 236 g/mol. The van der Waals surface area contributed by atoms with Crippen molar-refractivity contribution in [1.82, 2.24) is 10.6 Å². The highest BCUT2D eigenvalue weighted by molar-refractivity contribution is 5.76. The predicted molar refractivity (Wildman–Crippen MR) is 64.2 cm³/mol. The fourth-order valence-corrected chi connectivity index (χ4v) is 2.55. The van der Waals surface area contributed by atoms with Gasteiger partial charge in [0.05, 0.1) is 24.2 Å². The van der Waals surface area contributed by atoms with Gasteiger partial charge in [-0.15, -0.1) is 0 Å². The van der Waals surface area contributed by atoms with Crippen molar-refractivity contribution in [3.05, 3.63) is 0 Å². The SMILES string of the molecule is CC(NC(=O)NC1CC2CCC1O2)C(C)C(=O)O. The van der Waals surface area contributed by atoms with Gasteiger partial charge >= 0.3 is 12.0 Å². The van der Waals surface area contributed by atoms with Crippen molar-refractivity contribution < 1.29 is 19.4 Å². The van der Waals surface area contributed by atoms with E-state index in [1.54, 1.807) is 13.8 Å². The number of fused-ring (bicyclic) bond motifs is 2. The summed E-state index contributed by atoms with van der Waals surface area (Å²) in [5, 5.41) is 14.4. The summed E-state index contributed by atoms with van der Waals surface area (Å²) in [5.41, 5.74) is 0. The van der Waals surface area contributed by atoms with E-state index in [0.717, 1.165) is 19.3 Å². The molecule has 0 aromatic rings. The van der Waals surface area contributed by atoms with Crippen LogP contribution < -0.4 is 10.6 Å². The Morgan fingerprint density at radius 1 is 1.33 bits per heavy atom. The number of carbonyl (C=O) groups is 2. The Morgan fingerprint density at radius 3 is 2.56 bits per heavy atom. The van der Waals surface area contributed by atoms with Crippen LogP contribution in [0.15, 0.2) is 0 Å². The minimum Gasteiger partial charge on any atom is -0.481 e. The summed E-state index contributed by atoms with van der Waals surface area (Å²) < 4.78 is 5.64. The van der Waals surface area contributed by atoms with Gasteiger partial charge in [-0.2, -0.15) is 0 Å². The lowest BCUT2D eigenvalue weighted by Crippen LogP contribution is -2.50. The van der Waals surface area contributed by atoms with Crippen molar-refractivity contribution in [3.63, 3.8) is 0 Å². The molecule has 0 aromatic heterocycles. The Hall–Kier alpha value is -1.30. The maximum atomic E-state index is 11.7. The van der Waals surface area contributed by atoms with Gasteiger partial charge in [-0.3, -0.25) is 4.79 Å². The van der Waals surface area contributed by atoms with Crippen LogP contribution in [-0.4, -0.2) is 41.4 Å². The Balaban J connectivity index is 1.77. The first kappa shape index (κ1) is 13.1. The summed E-state index contributed by atoms with van der Waals surface area (Å²) in [6, 6.07) is -0.644. The Bertz CT molecular complexity index is 347. The minimum atomic E-state index is -0.911. The number of urea groups is 1. The average molecular weight is 256 g/mol. The second kappa shape index (κ2) is 5.14. The summed E-state index contributed by atoms with van der Waals surface area (Å²) in [4.78, 5) is 22.5. The van der Waals surface area contributed by atoms with Crippen molar-refractivity contribution in [1.29, 1.82) is 0 Å². The van der Waals surface area contributed by atoms with Crippen LogP contribution in [0.4, 0.5) is 4.79 Å². The Labute approximate surface area is 106 Å². The van der Waals surface area contributed by atoms with E-state index in [4.69, 9.17) is 9.84 Å². The molecule has 2 fully saturated rings. The van der Waals surface area contributed by atoms with Crippen LogP contribution in [0.3, 0.4) is 0 Å². The Morgan fingerprint density at radius 2 is 2.06 bits per heavy atom. The number of rotatable bonds is 4. The summed E-state index contributed by atoms with van der Waals surface area (Å²) >= 11 is 0. The number of nitrogens with one attached hydrogen (secondary N) is 2. The zero-order valence-electron chi connectivity index (χ0n) is 10.7. The molecule has 2 bridgehead atoms. The van der Waals surface area contributed by atoms with Crippen LogP contribution in [0.5, 0.6) is 0 Å². The number of ether oxygens (including phenoxy) is 1. The van der Waals surface area contributed by atoms with Crippen LogP contribution in [0.1, 0.15) is 33.1 Å². The molecule has 2 rings (SSSR count). The van der Waals surface area contributed by atoms with E-state index in [1.807, 2.05) is 0 Å². The summed E-state index contributed by atoms with van der Waals surface area (Å²) in [7, 11) is 0. The summed E-state index contributed by atoms with van der Waals surface area (Å²) in [6.45, 7) is 3.27. The van der Waals surface area contributed by atoms with Crippen LogP contribution in [0.2, 0.25) is 0 Å². The first-order valence-corrected chi connectivity index (χ1v) is 6.42. The van der Waals surface area contributed by atoms with Crippen LogP contribution in [0.25, 0.3) is 0 Å².